The summed E-state index contributed by atoms with van der Waals surface area (Å²) in [5.41, 5.74) is 1.06. The molecule has 2 rings (SSSR count). The first-order valence-electron chi connectivity index (χ1n) is 6.35. The Balaban J connectivity index is 2.59. The molecule has 0 aliphatic heterocycles. The van der Waals surface area contributed by atoms with Crippen LogP contribution < -0.4 is 4.72 Å². The predicted molar refractivity (Wildman–Crippen MR) is 84.1 cm³/mol. The molecule has 118 valence electrons. The monoisotopic (exact) mass is 340 g/mol. The summed E-state index contributed by atoms with van der Waals surface area (Å²) in [5.74, 6) is 0. The Bertz CT molecular complexity index is 905. The Hall–Kier alpha value is -1.93. The number of aryl methyl sites for hydroxylation is 1. The highest BCUT2D eigenvalue weighted by atomic mass is 32.2. The molecule has 6 nitrogen and oxygen atoms in total. The lowest BCUT2D eigenvalue weighted by atomic mass is 10.2. The van der Waals surface area contributed by atoms with E-state index in [1.807, 2.05) is 0 Å². The van der Waals surface area contributed by atoms with E-state index >= 15 is 0 Å². The zero-order valence-electron chi connectivity index (χ0n) is 12.4. The maximum atomic E-state index is 12.5. The highest BCUT2D eigenvalue weighted by Crippen LogP contribution is 2.26. The summed E-state index contributed by atoms with van der Waals surface area (Å²) in [5, 5.41) is 0. The van der Waals surface area contributed by atoms with Gasteiger partial charge in [0, 0.05) is 12.5 Å². The molecule has 0 spiro atoms. The second-order valence-electron chi connectivity index (χ2n) is 5.01. The van der Waals surface area contributed by atoms with Crippen LogP contribution in [0.15, 0.2) is 46.5 Å². The minimum Gasteiger partial charge on any atom is -0.278 e. The number of nitrogens with zero attached hydrogens (tertiary/aromatic N) is 1. The van der Waals surface area contributed by atoms with Crippen LogP contribution in [-0.4, -0.2) is 28.1 Å². The van der Waals surface area contributed by atoms with E-state index in [2.05, 4.69) is 9.71 Å². The van der Waals surface area contributed by atoms with Crippen molar-refractivity contribution in [1.29, 1.82) is 0 Å². The largest absolute Gasteiger partial charge is 0.278 e. The van der Waals surface area contributed by atoms with Crippen LogP contribution in [-0.2, 0) is 19.9 Å². The molecular formula is C14H16N2O4S2. The number of rotatable bonds is 4. The van der Waals surface area contributed by atoms with Crippen LogP contribution >= 0.6 is 0 Å². The molecule has 22 heavy (non-hydrogen) atoms. The molecule has 0 atom stereocenters. The highest BCUT2D eigenvalue weighted by molar-refractivity contribution is 7.93. The number of sulfone groups is 1. The standard InChI is InChI=1S/C14H16N2O4S2/c1-10-7-13(21(3,17)18)11(2)14(8-10)22(19,20)16-12-5-4-6-15-9-12/h4-9,16H,1-3H3. The molecule has 1 N–H and O–H groups in total. The molecular weight excluding hydrogens is 324 g/mol. The summed E-state index contributed by atoms with van der Waals surface area (Å²) in [6.07, 6.45) is 3.96. The van der Waals surface area contributed by atoms with Crippen molar-refractivity contribution in [2.24, 2.45) is 0 Å². The van der Waals surface area contributed by atoms with Crippen molar-refractivity contribution in [3.63, 3.8) is 0 Å². The number of sulfonamides is 1. The van der Waals surface area contributed by atoms with Gasteiger partial charge in [-0.05, 0) is 49.2 Å². The molecule has 0 saturated carbocycles. The quantitative estimate of drug-likeness (QED) is 0.917. The SMILES string of the molecule is Cc1cc(S(C)(=O)=O)c(C)c(S(=O)(=O)Nc2cccnc2)c1. The molecule has 1 aromatic heterocycles. The van der Waals surface area contributed by atoms with Gasteiger partial charge in [0.25, 0.3) is 10.0 Å². The Morgan fingerprint density at radius 1 is 1.05 bits per heavy atom. The Morgan fingerprint density at radius 3 is 2.23 bits per heavy atom. The molecule has 1 heterocycles. The zero-order valence-corrected chi connectivity index (χ0v) is 14.0. The van der Waals surface area contributed by atoms with E-state index in [4.69, 9.17) is 0 Å². The average Bonchev–Trinajstić information content (AvgIpc) is 2.40. The van der Waals surface area contributed by atoms with Crippen molar-refractivity contribution in [1.82, 2.24) is 4.98 Å². The zero-order chi connectivity index (χ0) is 16.5. The van der Waals surface area contributed by atoms with Crippen LogP contribution in [0.2, 0.25) is 0 Å². The Labute approximate surface area is 130 Å². The molecule has 0 saturated heterocycles. The fourth-order valence-corrected chi connectivity index (χ4v) is 4.62. The van der Waals surface area contributed by atoms with Crippen LogP contribution in [0, 0.1) is 13.8 Å². The summed E-state index contributed by atoms with van der Waals surface area (Å²) < 4.78 is 51.1. The van der Waals surface area contributed by atoms with Crippen molar-refractivity contribution in [3.8, 4) is 0 Å². The fraction of sp³-hybridized carbons (Fsp3) is 0.214. The normalized spacial score (nSPS) is 12.1. The lowest BCUT2D eigenvalue weighted by Crippen LogP contribution is -2.16. The summed E-state index contributed by atoms with van der Waals surface area (Å²) in [6.45, 7) is 3.13. The first-order valence-corrected chi connectivity index (χ1v) is 9.73. The van der Waals surface area contributed by atoms with Gasteiger partial charge in [-0.15, -0.1) is 0 Å². The number of nitrogens with one attached hydrogen (secondary N) is 1. The lowest BCUT2D eigenvalue weighted by molar-refractivity contribution is 0.598. The third kappa shape index (κ3) is 3.45. The van der Waals surface area contributed by atoms with Gasteiger partial charge in [-0.2, -0.15) is 0 Å². The summed E-state index contributed by atoms with van der Waals surface area (Å²) in [7, 11) is -7.42. The summed E-state index contributed by atoms with van der Waals surface area (Å²) in [6, 6.07) is 6.08. The molecule has 8 heteroatoms. The van der Waals surface area contributed by atoms with Crippen LogP contribution in [0.1, 0.15) is 11.1 Å². The molecule has 0 unspecified atom stereocenters. The predicted octanol–water partition coefficient (Wildman–Crippen LogP) is 1.90. The number of aromatic nitrogens is 1. The maximum Gasteiger partial charge on any atom is 0.262 e. The Kier molecular flexibility index (Phi) is 4.25. The van der Waals surface area contributed by atoms with E-state index in [-0.39, 0.29) is 15.4 Å². The van der Waals surface area contributed by atoms with E-state index in [0.29, 0.717) is 11.3 Å². The topological polar surface area (TPSA) is 93.2 Å². The molecule has 0 radical (unpaired) electrons. The summed E-state index contributed by atoms with van der Waals surface area (Å²) >= 11 is 0. The minimum atomic E-state index is -3.90. The number of pyridine rings is 1. The van der Waals surface area contributed by atoms with Gasteiger partial charge in [0.15, 0.2) is 9.84 Å². The van der Waals surface area contributed by atoms with E-state index in [1.165, 1.54) is 31.5 Å². The number of benzene rings is 1. The molecule has 1 aromatic carbocycles. The van der Waals surface area contributed by atoms with Gasteiger partial charge in [0.1, 0.15) is 0 Å². The Morgan fingerprint density at radius 2 is 1.68 bits per heavy atom. The van der Waals surface area contributed by atoms with Crippen molar-refractivity contribution in [3.05, 3.63) is 47.8 Å². The fourth-order valence-electron chi connectivity index (χ4n) is 2.09. The van der Waals surface area contributed by atoms with Gasteiger partial charge in [-0.25, -0.2) is 16.8 Å². The van der Waals surface area contributed by atoms with Crippen molar-refractivity contribution >= 4 is 25.5 Å². The maximum absolute atomic E-state index is 12.5. The van der Waals surface area contributed by atoms with Gasteiger partial charge < -0.3 is 0 Å². The number of hydrogen-bond donors (Lipinski definition) is 1. The van der Waals surface area contributed by atoms with Gasteiger partial charge in [0.2, 0.25) is 0 Å². The molecule has 0 aliphatic carbocycles. The lowest BCUT2D eigenvalue weighted by Gasteiger charge is -2.14. The van der Waals surface area contributed by atoms with Crippen molar-refractivity contribution in [2.45, 2.75) is 23.6 Å². The minimum absolute atomic E-state index is 0.0130. The van der Waals surface area contributed by atoms with Crippen LogP contribution in [0.4, 0.5) is 5.69 Å². The van der Waals surface area contributed by atoms with Crippen LogP contribution in [0.3, 0.4) is 0 Å². The van der Waals surface area contributed by atoms with Crippen molar-refractivity contribution in [2.75, 3.05) is 11.0 Å². The highest BCUT2D eigenvalue weighted by Gasteiger charge is 2.23. The number of anilines is 1. The average molecular weight is 340 g/mol. The second kappa shape index (κ2) is 5.69. The van der Waals surface area contributed by atoms with E-state index in [1.54, 1.807) is 19.1 Å². The molecule has 0 bridgehead atoms. The summed E-state index contributed by atoms with van der Waals surface area (Å²) in [4.78, 5) is 3.79. The third-order valence-electron chi connectivity index (χ3n) is 3.06. The van der Waals surface area contributed by atoms with E-state index in [9.17, 15) is 16.8 Å². The molecule has 0 amide bonds. The van der Waals surface area contributed by atoms with E-state index in [0.717, 1.165) is 6.26 Å². The molecule has 0 aliphatic rings. The smallest absolute Gasteiger partial charge is 0.262 e. The van der Waals surface area contributed by atoms with Crippen LogP contribution in [0.5, 0.6) is 0 Å². The molecule has 2 aromatic rings. The van der Waals surface area contributed by atoms with Crippen molar-refractivity contribution < 1.29 is 16.8 Å². The van der Waals surface area contributed by atoms with Gasteiger partial charge in [-0.1, -0.05) is 0 Å². The van der Waals surface area contributed by atoms with Crippen LogP contribution in [0.25, 0.3) is 0 Å². The first kappa shape index (κ1) is 16.4. The first-order chi connectivity index (χ1) is 10.1. The molecule has 0 fully saturated rings. The van der Waals surface area contributed by atoms with Gasteiger partial charge in [0.05, 0.1) is 21.7 Å². The second-order valence-corrected chi connectivity index (χ2v) is 8.64. The number of hydrogen-bond acceptors (Lipinski definition) is 5. The third-order valence-corrected chi connectivity index (χ3v) is 5.79. The van der Waals surface area contributed by atoms with Gasteiger partial charge in [-0.3, -0.25) is 9.71 Å². The van der Waals surface area contributed by atoms with Gasteiger partial charge >= 0.3 is 0 Å². The van der Waals surface area contributed by atoms with E-state index < -0.39 is 19.9 Å².